The quantitative estimate of drug-likeness (QED) is 0.897. The lowest BCUT2D eigenvalue weighted by Gasteiger charge is -2.36. The van der Waals surface area contributed by atoms with Crippen LogP contribution >= 0.6 is 24.8 Å². The second-order valence-electron chi connectivity index (χ2n) is 4.59. The van der Waals surface area contributed by atoms with Gasteiger partial charge in [0.25, 0.3) is 0 Å². The molecule has 0 aromatic heterocycles. The van der Waals surface area contributed by atoms with E-state index in [4.69, 9.17) is 4.74 Å². The molecule has 0 aliphatic carbocycles. The van der Waals surface area contributed by atoms with Crippen LogP contribution in [0.4, 0.5) is 0 Å². The molecule has 2 saturated heterocycles. The zero-order valence-electron chi connectivity index (χ0n) is 10.2. The van der Waals surface area contributed by atoms with E-state index in [0.29, 0.717) is 12.1 Å². The molecule has 2 aliphatic heterocycles. The minimum absolute atomic E-state index is 0. The monoisotopic (exact) mass is 290 g/mol. The van der Waals surface area contributed by atoms with Gasteiger partial charge in [0.05, 0.1) is 12.7 Å². The van der Waals surface area contributed by atoms with Crippen LogP contribution in [0.3, 0.4) is 0 Å². The minimum atomic E-state index is 0. The molecule has 5 heteroatoms. The first-order valence-electron chi connectivity index (χ1n) is 6.04. The maximum Gasteiger partial charge on any atom is 0.0867 e. The Labute approximate surface area is 121 Å². The summed E-state index contributed by atoms with van der Waals surface area (Å²) in [6.07, 6.45) is 0.400. The second-order valence-corrected chi connectivity index (χ2v) is 4.59. The normalized spacial score (nSPS) is 26.9. The predicted octanol–water partition coefficient (Wildman–Crippen LogP) is 1.70. The van der Waals surface area contributed by atoms with E-state index >= 15 is 0 Å². The lowest BCUT2D eigenvalue weighted by atomic mass is 10.1. The summed E-state index contributed by atoms with van der Waals surface area (Å²) >= 11 is 0. The molecule has 0 unspecified atom stereocenters. The summed E-state index contributed by atoms with van der Waals surface area (Å²) in [5, 5.41) is 3.41. The van der Waals surface area contributed by atoms with Crippen LogP contribution in [0.2, 0.25) is 0 Å². The fraction of sp³-hybridized carbons (Fsp3) is 0.538. The van der Waals surface area contributed by atoms with Gasteiger partial charge in [-0.2, -0.15) is 0 Å². The first-order valence-corrected chi connectivity index (χ1v) is 6.04. The van der Waals surface area contributed by atoms with Crippen LogP contribution < -0.4 is 5.32 Å². The van der Waals surface area contributed by atoms with Gasteiger partial charge < -0.3 is 10.1 Å². The number of hydrogen-bond acceptors (Lipinski definition) is 3. The van der Waals surface area contributed by atoms with E-state index in [-0.39, 0.29) is 24.8 Å². The van der Waals surface area contributed by atoms with E-state index in [1.54, 1.807) is 0 Å². The van der Waals surface area contributed by atoms with Gasteiger partial charge in [-0.25, -0.2) is 0 Å². The minimum Gasteiger partial charge on any atom is -0.374 e. The topological polar surface area (TPSA) is 24.5 Å². The van der Waals surface area contributed by atoms with E-state index in [2.05, 4.69) is 40.5 Å². The number of benzene rings is 1. The summed E-state index contributed by atoms with van der Waals surface area (Å²) in [7, 11) is 0. The number of fused-ring (bicyclic) bond motifs is 1. The fourth-order valence-corrected chi connectivity index (χ4v) is 2.68. The van der Waals surface area contributed by atoms with Gasteiger partial charge in [-0.3, -0.25) is 4.90 Å². The van der Waals surface area contributed by atoms with Gasteiger partial charge in [0.1, 0.15) is 0 Å². The Kier molecular flexibility index (Phi) is 6.39. The highest BCUT2D eigenvalue weighted by atomic mass is 35.5. The molecule has 1 aromatic carbocycles. The number of rotatable bonds is 2. The highest BCUT2D eigenvalue weighted by molar-refractivity contribution is 5.85. The van der Waals surface area contributed by atoms with Crippen LogP contribution in [0.5, 0.6) is 0 Å². The van der Waals surface area contributed by atoms with Crippen molar-refractivity contribution in [2.24, 2.45) is 0 Å². The molecule has 2 atom stereocenters. The van der Waals surface area contributed by atoms with E-state index in [1.807, 2.05) is 0 Å². The van der Waals surface area contributed by atoms with Gasteiger partial charge in [0, 0.05) is 32.2 Å². The van der Waals surface area contributed by atoms with Crippen LogP contribution in [0, 0.1) is 0 Å². The van der Waals surface area contributed by atoms with Gasteiger partial charge in [-0.15, -0.1) is 24.8 Å². The summed E-state index contributed by atoms with van der Waals surface area (Å²) in [6.45, 7) is 5.05. The maximum atomic E-state index is 5.77. The lowest BCUT2D eigenvalue weighted by Crippen LogP contribution is -2.50. The molecule has 18 heavy (non-hydrogen) atoms. The van der Waals surface area contributed by atoms with Crippen molar-refractivity contribution in [2.75, 3.05) is 26.2 Å². The van der Waals surface area contributed by atoms with Crippen molar-refractivity contribution in [3.63, 3.8) is 0 Å². The van der Waals surface area contributed by atoms with E-state index in [9.17, 15) is 0 Å². The third kappa shape index (κ3) is 3.37. The Bertz CT molecular complexity index is 350. The Balaban J connectivity index is 0.000000810. The van der Waals surface area contributed by atoms with Crippen molar-refractivity contribution in [1.82, 2.24) is 10.2 Å². The maximum absolute atomic E-state index is 5.77. The standard InChI is InChI=1S/C13H18N2O.2ClH/c1-2-4-11(5-3-1)10-15-6-7-16-13-9-14-8-12(13)15;;/h1-5,12-14H,6-10H2;2*1H/t12-,13-;;/m1../s1. The number of ether oxygens (including phenoxy) is 1. The van der Waals surface area contributed by atoms with E-state index in [1.165, 1.54) is 5.56 Å². The largest absolute Gasteiger partial charge is 0.374 e. The molecule has 102 valence electrons. The summed E-state index contributed by atoms with van der Waals surface area (Å²) < 4.78 is 5.77. The van der Waals surface area contributed by atoms with Crippen molar-refractivity contribution in [1.29, 1.82) is 0 Å². The molecule has 0 bridgehead atoms. The van der Waals surface area contributed by atoms with Crippen LogP contribution in [0.15, 0.2) is 30.3 Å². The average Bonchev–Trinajstić information content (AvgIpc) is 2.80. The van der Waals surface area contributed by atoms with Gasteiger partial charge >= 0.3 is 0 Å². The molecule has 2 heterocycles. The SMILES string of the molecule is Cl.Cl.c1ccc(CN2CCO[C@@H]3CNC[C@H]32)cc1. The first kappa shape index (κ1) is 15.7. The van der Waals surface area contributed by atoms with Gasteiger partial charge in [0.15, 0.2) is 0 Å². The molecule has 0 radical (unpaired) electrons. The van der Waals surface area contributed by atoms with Crippen LogP contribution in [0.1, 0.15) is 5.56 Å². The predicted molar refractivity (Wildman–Crippen MR) is 77.7 cm³/mol. The average molecular weight is 291 g/mol. The molecule has 1 aromatic rings. The molecule has 0 amide bonds. The van der Waals surface area contributed by atoms with Crippen LogP contribution in [0.25, 0.3) is 0 Å². The van der Waals surface area contributed by atoms with Crippen molar-refractivity contribution < 1.29 is 4.74 Å². The molecule has 0 saturated carbocycles. The third-order valence-corrected chi connectivity index (χ3v) is 3.54. The van der Waals surface area contributed by atoms with Gasteiger partial charge in [0.2, 0.25) is 0 Å². The highest BCUT2D eigenvalue weighted by Gasteiger charge is 2.35. The molecule has 2 fully saturated rings. The van der Waals surface area contributed by atoms with E-state index < -0.39 is 0 Å². The summed E-state index contributed by atoms with van der Waals surface area (Å²) in [4.78, 5) is 2.55. The number of nitrogens with one attached hydrogen (secondary N) is 1. The van der Waals surface area contributed by atoms with Crippen molar-refractivity contribution >= 4 is 24.8 Å². The number of nitrogens with zero attached hydrogens (tertiary/aromatic N) is 1. The number of morpholine rings is 1. The second kappa shape index (κ2) is 7.31. The van der Waals surface area contributed by atoms with Crippen LogP contribution in [-0.4, -0.2) is 43.3 Å². The van der Waals surface area contributed by atoms with Crippen molar-refractivity contribution in [3.8, 4) is 0 Å². The number of hydrogen-bond donors (Lipinski definition) is 1. The van der Waals surface area contributed by atoms with Gasteiger partial charge in [-0.05, 0) is 5.56 Å². The Morgan fingerprint density at radius 1 is 1.17 bits per heavy atom. The molecule has 2 aliphatic rings. The Morgan fingerprint density at radius 2 is 1.94 bits per heavy atom. The summed E-state index contributed by atoms with van der Waals surface area (Å²) in [5.74, 6) is 0. The smallest absolute Gasteiger partial charge is 0.0867 e. The summed E-state index contributed by atoms with van der Waals surface area (Å²) in [5.41, 5.74) is 1.40. The Morgan fingerprint density at radius 3 is 2.72 bits per heavy atom. The van der Waals surface area contributed by atoms with Gasteiger partial charge in [-0.1, -0.05) is 30.3 Å². The van der Waals surface area contributed by atoms with Crippen molar-refractivity contribution in [3.05, 3.63) is 35.9 Å². The lowest BCUT2D eigenvalue weighted by molar-refractivity contribution is -0.0500. The number of halogens is 2. The molecular weight excluding hydrogens is 271 g/mol. The van der Waals surface area contributed by atoms with Crippen molar-refractivity contribution in [2.45, 2.75) is 18.7 Å². The molecule has 1 N–H and O–H groups in total. The Hall–Kier alpha value is -0.320. The first-order chi connectivity index (χ1) is 7.93. The van der Waals surface area contributed by atoms with E-state index in [0.717, 1.165) is 32.8 Å². The molecule has 3 rings (SSSR count). The third-order valence-electron chi connectivity index (χ3n) is 3.54. The fourth-order valence-electron chi connectivity index (χ4n) is 2.68. The zero-order chi connectivity index (χ0) is 10.8. The molecular formula is C13H20Cl2N2O. The molecule has 0 spiro atoms. The van der Waals surface area contributed by atoms with Crippen LogP contribution in [-0.2, 0) is 11.3 Å². The summed E-state index contributed by atoms with van der Waals surface area (Å²) in [6, 6.07) is 11.3. The zero-order valence-corrected chi connectivity index (χ0v) is 11.9. The molecule has 3 nitrogen and oxygen atoms in total. The highest BCUT2D eigenvalue weighted by Crippen LogP contribution is 2.19.